The van der Waals surface area contributed by atoms with E-state index in [9.17, 15) is 24.8 Å². The number of carbonyl (C=O) groups excluding carboxylic acids is 1. The van der Waals surface area contributed by atoms with Crippen molar-refractivity contribution in [2.24, 2.45) is 0 Å². The summed E-state index contributed by atoms with van der Waals surface area (Å²) in [5.41, 5.74) is 1.61. The molecule has 3 rings (SSSR count). The zero-order valence-corrected chi connectivity index (χ0v) is 11.9. The normalized spacial score (nSPS) is 24.2. The van der Waals surface area contributed by atoms with Crippen LogP contribution in [0.15, 0.2) is 18.2 Å². The Balaban J connectivity index is 2.09. The van der Waals surface area contributed by atoms with E-state index < -0.39 is 16.9 Å². The van der Waals surface area contributed by atoms with Gasteiger partial charge in [-0.2, -0.15) is 0 Å². The number of benzene rings is 1. The molecular weight excluding hydrogens is 288 g/mol. The van der Waals surface area contributed by atoms with Crippen LogP contribution >= 0.6 is 0 Å². The van der Waals surface area contributed by atoms with E-state index in [1.54, 1.807) is 6.07 Å². The third kappa shape index (κ3) is 2.32. The van der Waals surface area contributed by atoms with Gasteiger partial charge >= 0.3 is 5.97 Å². The lowest BCUT2D eigenvalue weighted by molar-refractivity contribution is -0.385. The first kappa shape index (κ1) is 14.5. The van der Waals surface area contributed by atoms with Gasteiger partial charge in [-0.05, 0) is 36.8 Å². The SMILES string of the molecule is O=C(O)C1CCCC2c3cc([N+](=O)[O-])ccc3CCC(=O)N12. The van der Waals surface area contributed by atoms with Gasteiger partial charge in [-0.3, -0.25) is 14.9 Å². The molecular formula is C15H16N2O5. The van der Waals surface area contributed by atoms with Gasteiger partial charge in [0.25, 0.3) is 5.69 Å². The number of aryl methyl sites for hydroxylation is 1. The number of fused-ring (bicyclic) bond motifs is 3. The van der Waals surface area contributed by atoms with E-state index in [2.05, 4.69) is 0 Å². The van der Waals surface area contributed by atoms with Crippen molar-refractivity contribution >= 4 is 17.6 Å². The van der Waals surface area contributed by atoms with Crippen LogP contribution in [-0.2, 0) is 16.0 Å². The lowest BCUT2D eigenvalue weighted by Gasteiger charge is -2.39. The van der Waals surface area contributed by atoms with Crippen molar-refractivity contribution in [1.29, 1.82) is 0 Å². The van der Waals surface area contributed by atoms with Gasteiger partial charge in [-0.1, -0.05) is 6.07 Å². The predicted octanol–water partition coefficient (Wildman–Crippen LogP) is 2.05. The van der Waals surface area contributed by atoms with Gasteiger partial charge in [0.1, 0.15) is 6.04 Å². The molecule has 1 aromatic carbocycles. The van der Waals surface area contributed by atoms with Crippen LogP contribution in [-0.4, -0.2) is 32.8 Å². The molecule has 2 atom stereocenters. The molecule has 1 aromatic rings. The molecule has 0 aromatic heterocycles. The summed E-state index contributed by atoms with van der Waals surface area (Å²) in [6.07, 6.45) is 2.50. The van der Waals surface area contributed by atoms with Crippen LogP contribution in [0.2, 0.25) is 0 Å². The van der Waals surface area contributed by atoms with E-state index >= 15 is 0 Å². The lowest BCUT2D eigenvalue weighted by Crippen LogP contribution is -2.49. The first-order valence-corrected chi connectivity index (χ1v) is 7.30. The number of amides is 1. The Hall–Kier alpha value is -2.44. The van der Waals surface area contributed by atoms with Gasteiger partial charge in [0.15, 0.2) is 0 Å². The number of piperidine rings is 1. The van der Waals surface area contributed by atoms with Crippen molar-refractivity contribution in [3.05, 3.63) is 39.4 Å². The standard InChI is InChI=1S/C15H16N2O5/c18-14-7-5-9-4-6-10(17(21)22)8-11(9)12-2-1-3-13(15(19)20)16(12)14/h4,6,8,12-13H,1-3,5,7H2,(H,19,20). The number of aliphatic carboxylic acids is 1. The average Bonchev–Trinajstić information content (AvgIpc) is 2.64. The van der Waals surface area contributed by atoms with E-state index in [0.717, 1.165) is 11.1 Å². The second-order valence-electron chi connectivity index (χ2n) is 5.74. The molecule has 2 unspecified atom stereocenters. The van der Waals surface area contributed by atoms with Gasteiger partial charge in [0.2, 0.25) is 5.91 Å². The maximum Gasteiger partial charge on any atom is 0.326 e. The molecule has 7 heteroatoms. The maximum absolute atomic E-state index is 12.4. The van der Waals surface area contributed by atoms with Gasteiger partial charge in [0, 0.05) is 18.6 Å². The Kier molecular flexibility index (Phi) is 3.56. The van der Waals surface area contributed by atoms with Crippen molar-refractivity contribution in [3.63, 3.8) is 0 Å². The number of nitro groups is 1. The number of nitrogens with zero attached hydrogens (tertiary/aromatic N) is 2. The van der Waals surface area contributed by atoms with Crippen molar-refractivity contribution in [3.8, 4) is 0 Å². The fourth-order valence-electron chi connectivity index (χ4n) is 3.50. The minimum Gasteiger partial charge on any atom is -0.480 e. The highest BCUT2D eigenvalue weighted by Gasteiger charge is 2.41. The number of rotatable bonds is 2. The molecule has 2 aliphatic rings. The largest absolute Gasteiger partial charge is 0.480 e. The topological polar surface area (TPSA) is 101 Å². The molecule has 2 heterocycles. The Bertz CT molecular complexity index is 657. The third-order valence-electron chi connectivity index (χ3n) is 4.51. The molecule has 1 saturated heterocycles. The van der Waals surface area contributed by atoms with Crippen molar-refractivity contribution < 1.29 is 19.6 Å². The van der Waals surface area contributed by atoms with Crippen LogP contribution in [0.25, 0.3) is 0 Å². The highest BCUT2D eigenvalue weighted by molar-refractivity contribution is 5.85. The number of carboxylic acid groups (broad SMARTS) is 1. The summed E-state index contributed by atoms with van der Waals surface area (Å²) >= 11 is 0. The summed E-state index contributed by atoms with van der Waals surface area (Å²) in [7, 11) is 0. The molecule has 116 valence electrons. The Labute approximate surface area is 126 Å². The number of hydrogen-bond donors (Lipinski definition) is 1. The molecule has 7 nitrogen and oxygen atoms in total. The summed E-state index contributed by atoms with van der Waals surface area (Å²) in [5, 5.41) is 20.4. The summed E-state index contributed by atoms with van der Waals surface area (Å²) < 4.78 is 0. The fraction of sp³-hybridized carbons (Fsp3) is 0.467. The zero-order valence-electron chi connectivity index (χ0n) is 11.9. The van der Waals surface area contributed by atoms with Gasteiger partial charge in [-0.15, -0.1) is 0 Å². The molecule has 1 fully saturated rings. The molecule has 0 aliphatic carbocycles. The monoisotopic (exact) mass is 304 g/mol. The minimum atomic E-state index is -1.01. The second kappa shape index (κ2) is 5.40. The number of non-ortho nitro benzene ring substituents is 1. The van der Waals surface area contributed by atoms with Crippen LogP contribution in [0.4, 0.5) is 5.69 Å². The van der Waals surface area contributed by atoms with Gasteiger partial charge < -0.3 is 10.0 Å². The first-order chi connectivity index (χ1) is 10.5. The molecule has 1 N–H and O–H groups in total. The quantitative estimate of drug-likeness (QED) is 0.665. The van der Waals surface area contributed by atoms with Crippen molar-refractivity contribution in [2.75, 3.05) is 0 Å². The minimum absolute atomic E-state index is 0.0227. The van der Waals surface area contributed by atoms with Gasteiger partial charge in [0.05, 0.1) is 11.0 Å². The summed E-state index contributed by atoms with van der Waals surface area (Å²) in [5.74, 6) is -1.19. The second-order valence-corrected chi connectivity index (χ2v) is 5.74. The fourth-order valence-corrected chi connectivity index (χ4v) is 3.50. The van der Waals surface area contributed by atoms with Crippen molar-refractivity contribution in [2.45, 2.75) is 44.2 Å². The number of carboxylic acids is 1. The Morgan fingerprint density at radius 1 is 1.32 bits per heavy atom. The molecule has 2 aliphatic heterocycles. The smallest absolute Gasteiger partial charge is 0.326 e. The van der Waals surface area contributed by atoms with Crippen LogP contribution in [0, 0.1) is 10.1 Å². The van der Waals surface area contributed by atoms with E-state index in [1.807, 2.05) is 0 Å². The summed E-state index contributed by atoms with van der Waals surface area (Å²) in [6.45, 7) is 0. The predicted molar refractivity (Wildman–Crippen MR) is 76.3 cm³/mol. The van der Waals surface area contributed by atoms with Crippen LogP contribution < -0.4 is 0 Å². The number of nitro benzene ring substituents is 1. The highest BCUT2D eigenvalue weighted by atomic mass is 16.6. The van der Waals surface area contributed by atoms with Crippen molar-refractivity contribution in [1.82, 2.24) is 4.90 Å². The van der Waals surface area contributed by atoms with Crippen LogP contribution in [0.1, 0.15) is 42.9 Å². The maximum atomic E-state index is 12.4. The van der Waals surface area contributed by atoms with Crippen LogP contribution in [0.5, 0.6) is 0 Å². The first-order valence-electron chi connectivity index (χ1n) is 7.30. The van der Waals surface area contributed by atoms with E-state index in [4.69, 9.17) is 0 Å². The van der Waals surface area contributed by atoms with Gasteiger partial charge in [-0.25, -0.2) is 4.79 Å². The average molecular weight is 304 g/mol. The molecule has 0 spiro atoms. The highest BCUT2D eigenvalue weighted by Crippen LogP contribution is 2.40. The molecule has 0 bridgehead atoms. The van der Waals surface area contributed by atoms with Crippen LogP contribution in [0.3, 0.4) is 0 Å². The van der Waals surface area contributed by atoms with E-state index in [-0.39, 0.29) is 24.1 Å². The lowest BCUT2D eigenvalue weighted by atomic mass is 9.89. The Morgan fingerprint density at radius 2 is 2.09 bits per heavy atom. The molecule has 0 radical (unpaired) electrons. The summed E-state index contributed by atoms with van der Waals surface area (Å²) in [6, 6.07) is 3.41. The molecule has 1 amide bonds. The Morgan fingerprint density at radius 3 is 2.77 bits per heavy atom. The van der Waals surface area contributed by atoms with E-state index in [1.165, 1.54) is 17.0 Å². The third-order valence-corrected chi connectivity index (χ3v) is 4.51. The number of hydrogen-bond acceptors (Lipinski definition) is 4. The zero-order chi connectivity index (χ0) is 15.9. The summed E-state index contributed by atoms with van der Waals surface area (Å²) in [4.78, 5) is 35.8. The molecule has 0 saturated carbocycles. The number of carbonyl (C=O) groups is 2. The molecule has 22 heavy (non-hydrogen) atoms. The van der Waals surface area contributed by atoms with E-state index in [0.29, 0.717) is 25.7 Å².